The van der Waals surface area contributed by atoms with E-state index in [4.69, 9.17) is 33.0 Å². The van der Waals surface area contributed by atoms with Crippen molar-refractivity contribution in [3.05, 3.63) is 46.1 Å². The molecule has 158 valence electrons. The van der Waals surface area contributed by atoms with Gasteiger partial charge in [-0.05, 0) is 37.1 Å². The zero-order valence-electron chi connectivity index (χ0n) is 15.3. The Morgan fingerprint density at radius 1 is 1.20 bits per heavy atom. The smallest absolute Gasteiger partial charge is 0.352 e. The van der Waals surface area contributed by atoms with Crippen LogP contribution in [-0.4, -0.2) is 35.6 Å². The van der Waals surface area contributed by atoms with Gasteiger partial charge in [0.05, 0.1) is 10.0 Å². The summed E-state index contributed by atoms with van der Waals surface area (Å²) < 4.78 is 33.5. The van der Waals surface area contributed by atoms with Crippen molar-refractivity contribution < 1.29 is 28.2 Å². The van der Waals surface area contributed by atoms with Crippen molar-refractivity contribution in [1.82, 2.24) is 9.71 Å². The van der Waals surface area contributed by atoms with Crippen molar-refractivity contribution in [3.8, 4) is 17.2 Å². The summed E-state index contributed by atoms with van der Waals surface area (Å²) in [5, 5.41) is 19.7. The van der Waals surface area contributed by atoms with E-state index in [9.17, 15) is 18.3 Å². The quantitative estimate of drug-likeness (QED) is 0.419. The number of benzene rings is 2. The van der Waals surface area contributed by atoms with Crippen LogP contribution < -0.4 is 9.46 Å². The number of phenolic OH excluding ortho intramolecular Hbond substituents is 1. The Morgan fingerprint density at radius 3 is 2.57 bits per heavy atom. The van der Waals surface area contributed by atoms with E-state index in [2.05, 4.69) is 9.71 Å². The van der Waals surface area contributed by atoms with Gasteiger partial charge in [0, 0.05) is 23.0 Å². The maximum absolute atomic E-state index is 12.6. The molecule has 0 bridgehead atoms. The van der Waals surface area contributed by atoms with Crippen LogP contribution in [0.15, 0.2) is 35.2 Å². The first-order valence-corrected chi connectivity index (χ1v) is 11.2. The lowest BCUT2D eigenvalue weighted by atomic mass is 9.94. The molecule has 0 atom stereocenters. The van der Waals surface area contributed by atoms with Gasteiger partial charge in [-0.1, -0.05) is 29.6 Å². The Bertz CT molecular complexity index is 1270. The van der Waals surface area contributed by atoms with Gasteiger partial charge in [0.15, 0.2) is 5.75 Å². The van der Waals surface area contributed by atoms with Crippen LogP contribution >= 0.6 is 23.2 Å². The number of aromatic hydroxyl groups is 1. The average Bonchev–Trinajstić information content (AvgIpc) is 3.07. The summed E-state index contributed by atoms with van der Waals surface area (Å²) in [4.78, 5) is 13.5. The molecule has 11 heteroatoms. The fourth-order valence-electron chi connectivity index (χ4n) is 3.09. The monoisotopic (exact) mass is 470 g/mol. The normalized spacial score (nSPS) is 14.6. The number of carboxylic acids is 1. The number of aromatic nitrogens is 1. The van der Waals surface area contributed by atoms with E-state index in [1.807, 2.05) is 0 Å². The fourth-order valence-corrected chi connectivity index (χ4v) is 5.10. The number of rotatable bonds is 6. The molecule has 4 rings (SSSR count). The van der Waals surface area contributed by atoms with Gasteiger partial charge >= 0.3 is 5.97 Å². The van der Waals surface area contributed by atoms with E-state index >= 15 is 0 Å². The van der Waals surface area contributed by atoms with Gasteiger partial charge in [-0.2, -0.15) is 0 Å². The lowest BCUT2D eigenvalue weighted by molar-refractivity contribution is 0.0691. The third kappa shape index (κ3) is 3.81. The first-order valence-electron chi connectivity index (χ1n) is 8.93. The van der Waals surface area contributed by atoms with Crippen LogP contribution in [0.2, 0.25) is 10.0 Å². The molecule has 1 saturated carbocycles. The molecule has 1 aliphatic carbocycles. The molecule has 1 aromatic heterocycles. The molecular weight excluding hydrogens is 455 g/mol. The number of fused-ring (bicyclic) bond motifs is 1. The molecular formula is C19H16Cl2N2O6S. The summed E-state index contributed by atoms with van der Waals surface area (Å²) in [5.74, 6) is -1.46. The summed E-state index contributed by atoms with van der Waals surface area (Å²) in [7, 11) is -3.94. The number of hydrogen-bond donors (Lipinski definition) is 4. The Morgan fingerprint density at radius 2 is 1.93 bits per heavy atom. The second-order valence-electron chi connectivity index (χ2n) is 6.93. The number of sulfonamides is 1. The van der Waals surface area contributed by atoms with E-state index in [0.29, 0.717) is 10.9 Å². The first-order chi connectivity index (χ1) is 14.2. The molecule has 1 heterocycles. The number of aromatic carboxylic acids is 1. The summed E-state index contributed by atoms with van der Waals surface area (Å²) in [5.41, 5.74) is 0.341. The highest BCUT2D eigenvalue weighted by Crippen LogP contribution is 2.42. The van der Waals surface area contributed by atoms with Crippen molar-refractivity contribution >= 4 is 50.1 Å². The standard InChI is InChI=1S/C19H16Cl2N2O6S/c20-12-8-13-11(7-14(22-13)19(25)26)17(21)18(12)29-10-4-5-15(24)16(6-10)30(27,28)23-9-2-1-3-9/h4-9,22-24H,1-3H2,(H,25,26). The summed E-state index contributed by atoms with van der Waals surface area (Å²) in [6, 6.07) is 6.40. The van der Waals surface area contributed by atoms with Gasteiger partial charge in [-0.3, -0.25) is 0 Å². The number of carboxylic acid groups (broad SMARTS) is 1. The van der Waals surface area contributed by atoms with Crippen LogP contribution in [0.25, 0.3) is 10.9 Å². The molecule has 0 saturated heterocycles. The Kier molecular flexibility index (Phi) is 5.31. The number of nitrogens with one attached hydrogen (secondary N) is 2. The van der Waals surface area contributed by atoms with Crippen molar-refractivity contribution in [2.75, 3.05) is 0 Å². The number of halogens is 2. The van der Waals surface area contributed by atoms with Gasteiger partial charge < -0.3 is 19.9 Å². The molecule has 0 amide bonds. The topological polar surface area (TPSA) is 129 Å². The highest BCUT2D eigenvalue weighted by Gasteiger charge is 2.27. The highest BCUT2D eigenvalue weighted by atomic mass is 35.5. The van der Waals surface area contributed by atoms with Gasteiger partial charge in [0.2, 0.25) is 10.0 Å². The molecule has 1 fully saturated rings. The largest absolute Gasteiger partial charge is 0.507 e. The lowest BCUT2D eigenvalue weighted by Crippen LogP contribution is -2.39. The Labute approximate surface area is 181 Å². The van der Waals surface area contributed by atoms with Crippen molar-refractivity contribution in [3.63, 3.8) is 0 Å². The minimum absolute atomic E-state index is 0.0303. The summed E-state index contributed by atoms with van der Waals surface area (Å²) >= 11 is 12.6. The Hall–Kier alpha value is -2.46. The third-order valence-corrected chi connectivity index (χ3v) is 7.08. The third-order valence-electron chi connectivity index (χ3n) is 4.87. The van der Waals surface area contributed by atoms with E-state index < -0.39 is 21.7 Å². The second kappa shape index (κ2) is 7.66. The maximum atomic E-state index is 12.6. The van der Waals surface area contributed by atoms with Crippen LogP contribution in [0.1, 0.15) is 29.8 Å². The number of hydrogen-bond acceptors (Lipinski definition) is 5. The Balaban J connectivity index is 1.70. The van der Waals surface area contributed by atoms with E-state index in [1.165, 1.54) is 30.3 Å². The molecule has 8 nitrogen and oxygen atoms in total. The zero-order chi connectivity index (χ0) is 21.6. The molecule has 30 heavy (non-hydrogen) atoms. The first kappa shape index (κ1) is 20.8. The van der Waals surface area contributed by atoms with Crippen LogP contribution in [0, 0.1) is 0 Å². The molecule has 0 spiro atoms. The number of carbonyl (C=O) groups is 1. The van der Waals surface area contributed by atoms with Gasteiger partial charge in [0.1, 0.15) is 22.1 Å². The summed E-state index contributed by atoms with van der Waals surface area (Å²) in [6.45, 7) is 0. The predicted octanol–water partition coefficient (Wildman–Crippen LogP) is 4.50. The van der Waals surface area contributed by atoms with Gasteiger partial charge in [-0.15, -0.1) is 0 Å². The van der Waals surface area contributed by atoms with Gasteiger partial charge in [-0.25, -0.2) is 17.9 Å². The predicted molar refractivity (Wildman–Crippen MR) is 111 cm³/mol. The highest BCUT2D eigenvalue weighted by molar-refractivity contribution is 7.89. The number of phenols is 1. The number of aromatic amines is 1. The lowest BCUT2D eigenvalue weighted by Gasteiger charge is -2.26. The van der Waals surface area contributed by atoms with E-state index in [1.54, 1.807) is 0 Å². The SMILES string of the molecule is O=C(O)c1cc2c(Cl)c(Oc3ccc(O)c(S(=O)(=O)NC4CCC4)c3)c(Cl)cc2[nH]1. The minimum Gasteiger partial charge on any atom is -0.507 e. The van der Waals surface area contributed by atoms with Gasteiger partial charge in [0.25, 0.3) is 0 Å². The molecule has 0 radical (unpaired) electrons. The maximum Gasteiger partial charge on any atom is 0.352 e. The molecule has 4 N–H and O–H groups in total. The summed E-state index contributed by atoms with van der Waals surface area (Å²) in [6.07, 6.45) is 2.44. The number of H-pyrrole nitrogens is 1. The zero-order valence-corrected chi connectivity index (χ0v) is 17.6. The van der Waals surface area contributed by atoms with E-state index in [-0.39, 0.29) is 38.2 Å². The molecule has 3 aromatic rings. The molecule has 1 aliphatic rings. The second-order valence-corrected chi connectivity index (χ2v) is 9.40. The minimum atomic E-state index is -3.94. The van der Waals surface area contributed by atoms with Crippen molar-refractivity contribution in [1.29, 1.82) is 0 Å². The molecule has 0 aliphatic heterocycles. The average molecular weight is 471 g/mol. The van der Waals surface area contributed by atoms with Crippen molar-refractivity contribution in [2.45, 2.75) is 30.2 Å². The molecule has 2 aromatic carbocycles. The number of ether oxygens (including phenoxy) is 1. The molecule has 0 unspecified atom stereocenters. The van der Waals surface area contributed by atoms with Crippen LogP contribution in [-0.2, 0) is 10.0 Å². The fraction of sp³-hybridized carbons (Fsp3) is 0.211. The van der Waals surface area contributed by atoms with Crippen molar-refractivity contribution in [2.24, 2.45) is 0 Å². The van der Waals surface area contributed by atoms with Crippen LogP contribution in [0.3, 0.4) is 0 Å². The van der Waals surface area contributed by atoms with E-state index in [0.717, 1.165) is 19.3 Å². The van der Waals surface area contributed by atoms with Crippen LogP contribution in [0.5, 0.6) is 17.2 Å². The van der Waals surface area contributed by atoms with Crippen LogP contribution in [0.4, 0.5) is 0 Å².